The lowest BCUT2D eigenvalue weighted by atomic mass is 9.97. The van der Waals surface area contributed by atoms with Crippen LogP contribution in [0.4, 0.5) is 9.18 Å². The van der Waals surface area contributed by atoms with Gasteiger partial charge in [-0.05, 0) is 55.8 Å². The molecule has 0 radical (unpaired) electrons. The summed E-state index contributed by atoms with van der Waals surface area (Å²) in [6.45, 7) is 1.54. The van der Waals surface area contributed by atoms with Crippen molar-refractivity contribution in [3.05, 3.63) is 53.6 Å². The van der Waals surface area contributed by atoms with Gasteiger partial charge in [0.15, 0.2) is 0 Å². The molecule has 4 atom stereocenters. The minimum atomic E-state index is -0.741. The summed E-state index contributed by atoms with van der Waals surface area (Å²) < 4.78 is 20.5. The number of nitrogens with two attached hydrogens (primary N) is 1. The van der Waals surface area contributed by atoms with Crippen molar-refractivity contribution in [2.45, 2.75) is 49.8 Å². The Bertz CT molecular complexity index is 907. The number of benzene rings is 1. The molecule has 7 nitrogen and oxygen atoms in total. The quantitative estimate of drug-likeness (QED) is 0.855. The smallest absolute Gasteiger partial charge is 0.404 e. The molecule has 3 unspecified atom stereocenters. The molecular formula is C21H24FN5O2. The molecule has 2 N–H and O–H groups in total. The molecule has 1 aromatic carbocycles. The van der Waals surface area contributed by atoms with E-state index in [1.165, 1.54) is 12.1 Å². The number of nitrogens with zero attached hydrogens (tertiary/aromatic N) is 4. The van der Waals surface area contributed by atoms with Gasteiger partial charge in [0, 0.05) is 18.8 Å². The van der Waals surface area contributed by atoms with E-state index in [9.17, 15) is 14.4 Å². The van der Waals surface area contributed by atoms with Crippen LogP contribution in [0, 0.1) is 17.1 Å². The molecule has 1 amide bonds. The summed E-state index contributed by atoms with van der Waals surface area (Å²) in [5, 5.41) is 13.6. The third-order valence-corrected chi connectivity index (χ3v) is 6.07. The zero-order valence-corrected chi connectivity index (χ0v) is 16.1. The number of rotatable bonds is 4. The number of halogens is 1. The molecular weight excluding hydrogens is 373 g/mol. The SMILES string of the molecule is N#Cc1cnn(C2CC(c3ccc(F)cc3)CC2N2CCC[C@@H](OC(N)=O)C2)c1. The maximum Gasteiger partial charge on any atom is 0.404 e. The lowest BCUT2D eigenvalue weighted by molar-refractivity contribution is 0.0225. The van der Waals surface area contributed by atoms with Crippen molar-refractivity contribution >= 4 is 6.09 Å². The molecule has 1 saturated heterocycles. The van der Waals surface area contributed by atoms with Crippen molar-refractivity contribution < 1.29 is 13.9 Å². The Kier molecular flexibility index (Phi) is 5.49. The average molecular weight is 397 g/mol. The van der Waals surface area contributed by atoms with E-state index < -0.39 is 6.09 Å². The molecule has 29 heavy (non-hydrogen) atoms. The van der Waals surface area contributed by atoms with Crippen molar-refractivity contribution in [3.63, 3.8) is 0 Å². The number of primary amides is 1. The summed E-state index contributed by atoms with van der Waals surface area (Å²) in [7, 11) is 0. The van der Waals surface area contributed by atoms with Gasteiger partial charge in [-0.1, -0.05) is 12.1 Å². The van der Waals surface area contributed by atoms with E-state index >= 15 is 0 Å². The molecule has 1 aromatic heterocycles. The summed E-state index contributed by atoms with van der Waals surface area (Å²) in [5.41, 5.74) is 6.85. The first kappa shape index (κ1) is 19.4. The lowest BCUT2D eigenvalue weighted by Crippen LogP contribution is -2.48. The van der Waals surface area contributed by atoms with Gasteiger partial charge in [-0.2, -0.15) is 10.4 Å². The fourth-order valence-corrected chi connectivity index (χ4v) is 4.78. The summed E-state index contributed by atoms with van der Waals surface area (Å²) in [6, 6.07) is 9.08. The van der Waals surface area contributed by atoms with Crippen LogP contribution in [-0.4, -0.2) is 46.0 Å². The number of hydrogen-bond donors (Lipinski definition) is 1. The number of ether oxygens (including phenoxy) is 1. The predicted octanol–water partition coefficient (Wildman–Crippen LogP) is 2.94. The maximum absolute atomic E-state index is 13.4. The molecule has 1 saturated carbocycles. The van der Waals surface area contributed by atoms with E-state index in [2.05, 4.69) is 16.1 Å². The Labute approximate surface area is 168 Å². The maximum atomic E-state index is 13.4. The van der Waals surface area contributed by atoms with Crippen molar-refractivity contribution in [1.29, 1.82) is 5.26 Å². The molecule has 2 aliphatic rings. The van der Waals surface area contributed by atoms with E-state index in [1.54, 1.807) is 12.4 Å². The Morgan fingerprint density at radius 1 is 1.28 bits per heavy atom. The first-order valence-corrected chi connectivity index (χ1v) is 9.93. The van der Waals surface area contributed by atoms with Gasteiger partial charge < -0.3 is 10.5 Å². The van der Waals surface area contributed by atoms with Gasteiger partial charge in [0.05, 0.1) is 17.8 Å². The van der Waals surface area contributed by atoms with Gasteiger partial charge in [-0.15, -0.1) is 0 Å². The van der Waals surface area contributed by atoms with E-state index in [-0.39, 0.29) is 29.9 Å². The van der Waals surface area contributed by atoms with Crippen molar-refractivity contribution in [2.75, 3.05) is 13.1 Å². The highest BCUT2D eigenvalue weighted by Crippen LogP contribution is 2.44. The fourth-order valence-electron chi connectivity index (χ4n) is 4.78. The molecule has 2 heterocycles. The molecule has 1 aliphatic heterocycles. The van der Waals surface area contributed by atoms with Crippen LogP contribution >= 0.6 is 0 Å². The number of carbonyl (C=O) groups is 1. The summed E-state index contributed by atoms with van der Waals surface area (Å²) in [5.74, 6) is 0.0193. The number of hydrogen-bond acceptors (Lipinski definition) is 5. The molecule has 0 bridgehead atoms. The van der Waals surface area contributed by atoms with Crippen LogP contribution in [0.2, 0.25) is 0 Å². The van der Waals surface area contributed by atoms with Crippen molar-refractivity contribution in [3.8, 4) is 6.07 Å². The Morgan fingerprint density at radius 2 is 2.03 bits per heavy atom. The average Bonchev–Trinajstić information content (AvgIpc) is 3.35. The first-order valence-electron chi connectivity index (χ1n) is 9.93. The topological polar surface area (TPSA) is 97.2 Å². The fraction of sp³-hybridized carbons (Fsp3) is 0.476. The summed E-state index contributed by atoms with van der Waals surface area (Å²) in [6.07, 6.45) is 5.88. The zero-order chi connectivity index (χ0) is 20.4. The molecule has 8 heteroatoms. The number of nitriles is 1. The van der Waals surface area contributed by atoms with E-state index in [1.807, 2.05) is 16.8 Å². The minimum Gasteiger partial charge on any atom is -0.445 e. The second-order valence-corrected chi connectivity index (χ2v) is 7.87. The lowest BCUT2D eigenvalue weighted by Gasteiger charge is -2.38. The first-order chi connectivity index (χ1) is 14.0. The second kappa shape index (κ2) is 8.21. The normalized spacial score (nSPS) is 27.4. The highest BCUT2D eigenvalue weighted by atomic mass is 19.1. The standard InChI is InChI=1S/C21H24FN5O2/c22-17-5-3-15(4-6-17)16-8-19(20(9-16)27-12-14(10-23)11-25-27)26-7-1-2-18(13-26)29-21(24)28/h3-6,11-12,16,18-20H,1-2,7-9,13H2,(H2,24,28)/t16?,18-,19?,20?/m1/s1. The van der Waals surface area contributed by atoms with Crippen LogP contribution in [0.1, 0.15) is 48.8 Å². The zero-order valence-electron chi connectivity index (χ0n) is 16.1. The van der Waals surface area contributed by atoms with E-state index in [0.717, 1.165) is 37.8 Å². The van der Waals surface area contributed by atoms with E-state index in [0.29, 0.717) is 12.1 Å². The van der Waals surface area contributed by atoms with Crippen LogP contribution < -0.4 is 5.73 Å². The highest BCUT2D eigenvalue weighted by molar-refractivity contribution is 5.64. The van der Waals surface area contributed by atoms with Gasteiger partial charge in [-0.25, -0.2) is 9.18 Å². The minimum absolute atomic E-state index is 0.0829. The monoisotopic (exact) mass is 397 g/mol. The summed E-state index contributed by atoms with van der Waals surface area (Å²) in [4.78, 5) is 13.5. The number of piperidine rings is 1. The molecule has 1 aliphatic carbocycles. The molecule has 2 fully saturated rings. The third kappa shape index (κ3) is 4.25. The van der Waals surface area contributed by atoms with Gasteiger partial charge in [0.2, 0.25) is 0 Å². The van der Waals surface area contributed by atoms with Crippen LogP contribution in [0.25, 0.3) is 0 Å². The molecule has 0 spiro atoms. The van der Waals surface area contributed by atoms with Crippen LogP contribution in [0.5, 0.6) is 0 Å². The Morgan fingerprint density at radius 3 is 2.72 bits per heavy atom. The van der Waals surface area contributed by atoms with Gasteiger partial charge in [0.1, 0.15) is 18.0 Å². The van der Waals surface area contributed by atoms with Gasteiger partial charge in [-0.3, -0.25) is 9.58 Å². The number of carbonyl (C=O) groups excluding carboxylic acids is 1. The molecule has 152 valence electrons. The number of likely N-dealkylation sites (tertiary alicyclic amines) is 1. The number of aromatic nitrogens is 2. The van der Waals surface area contributed by atoms with E-state index in [4.69, 9.17) is 10.5 Å². The van der Waals surface area contributed by atoms with Gasteiger partial charge >= 0.3 is 6.09 Å². The van der Waals surface area contributed by atoms with Crippen LogP contribution in [-0.2, 0) is 4.74 Å². The van der Waals surface area contributed by atoms with Crippen molar-refractivity contribution in [2.24, 2.45) is 5.73 Å². The number of amides is 1. The predicted molar refractivity (Wildman–Crippen MR) is 103 cm³/mol. The van der Waals surface area contributed by atoms with Gasteiger partial charge in [0.25, 0.3) is 0 Å². The molecule has 2 aromatic rings. The largest absolute Gasteiger partial charge is 0.445 e. The Hall–Kier alpha value is -2.92. The highest BCUT2D eigenvalue weighted by Gasteiger charge is 2.41. The molecule has 4 rings (SSSR count). The van der Waals surface area contributed by atoms with Crippen LogP contribution in [0.3, 0.4) is 0 Å². The second-order valence-electron chi connectivity index (χ2n) is 7.87. The Balaban J connectivity index is 1.58. The van der Waals surface area contributed by atoms with Crippen LogP contribution in [0.15, 0.2) is 36.7 Å². The summed E-state index contributed by atoms with van der Waals surface area (Å²) >= 11 is 0. The van der Waals surface area contributed by atoms with Crippen molar-refractivity contribution in [1.82, 2.24) is 14.7 Å². The third-order valence-electron chi connectivity index (χ3n) is 6.07.